The molecule has 0 saturated heterocycles. The molecule has 0 bridgehead atoms. The van der Waals surface area contributed by atoms with E-state index in [1.165, 1.54) is 0 Å². The molecule has 1 atom stereocenters. The van der Waals surface area contributed by atoms with Gasteiger partial charge in [0.1, 0.15) is 5.82 Å². The molecule has 5 heteroatoms. The highest BCUT2D eigenvalue weighted by Crippen LogP contribution is 2.20. The molecule has 22 heavy (non-hydrogen) atoms. The normalized spacial score (nSPS) is 12.9. The number of aromatic nitrogens is 2. The van der Waals surface area contributed by atoms with Crippen LogP contribution in [0.15, 0.2) is 52.1 Å². The molecular formula is C17H19N3O2. The quantitative estimate of drug-likeness (QED) is 0.786. The molecular weight excluding hydrogens is 278 g/mol. The van der Waals surface area contributed by atoms with Gasteiger partial charge in [0.05, 0.1) is 29.5 Å². The summed E-state index contributed by atoms with van der Waals surface area (Å²) < 4.78 is 5.12. The first kappa shape index (κ1) is 14.5. The second-order valence-electron chi connectivity index (χ2n) is 5.34. The summed E-state index contributed by atoms with van der Waals surface area (Å²) >= 11 is 0. The summed E-state index contributed by atoms with van der Waals surface area (Å²) in [6.07, 6.45) is 3.41. The van der Waals surface area contributed by atoms with Gasteiger partial charge in [-0.15, -0.1) is 0 Å². The van der Waals surface area contributed by atoms with Gasteiger partial charge in [-0.25, -0.2) is 4.98 Å². The smallest absolute Gasteiger partial charge is 0.258 e. The Kier molecular flexibility index (Phi) is 4.06. The number of para-hydroxylation sites is 1. The Morgan fingerprint density at radius 3 is 2.86 bits per heavy atom. The molecule has 114 valence electrons. The molecule has 0 aliphatic rings. The summed E-state index contributed by atoms with van der Waals surface area (Å²) in [5.41, 5.74) is 1.75. The monoisotopic (exact) mass is 297 g/mol. The van der Waals surface area contributed by atoms with Crippen molar-refractivity contribution in [3.63, 3.8) is 0 Å². The zero-order valence-corrected chi connectivity index (χ0v) is 12.7. The van der Waals surface area contributed by atoms with Crippen LogP contribution in [0.1, 0.15) is 31.3 Å². The van der Waals surface area contributed by atoms with Crippen LogP contribution in [0.25, 0.3) is 10.9 Å². The molecule has 2 aromatic heterocycles. The van der Waals surface area contributed by atoms with Crippen molar-refractivity contribution in [3.8, 4) is 0 Å². The summed E-state index contributed by atoms with van der Waals surface area (Å²) in [5, 5.41) is 0.622. The number of nitrogens with zero attached hydrogens (tertiary/aromatic N) is 2. The first-order valence-corrected chi connectivity index (χ1v) is 7.43. The third-order valence-electron chi connectivity index (χ3n) is 3.95. The van der Waals surface area contributed by atoms with Crippen LogP contribution in [0, 0.1) is 0 Å². The molecule has 0 aliphatic carbocycles. The van der Waals surface area contributed by atoms with Gasteiger partial charge in [-0.1, -0.05) is 19.1 Å². The highest BCUT2D eigenvalue weighted by atomic mass is 16.3. The van der Waals surface area contributed by atoms with Crippen LogP contribution < -0.4 is 5.56 Å². The molecule has 0 aliphatic heterocycles. The highest BCUT2D eigenvalue weighted by Gasteiger charge is 2.18. The number of H-pyrrole nitrogens is 1. The largest absolute Gasteiger partial charge is 0.472 e. The van der Waals surface area contributed by atoms with Crippen LogP contribution in [-0.4, -0.2) is 21.4 Å². The third kappa shape index (κ3) is 2.80. The number of nitrogens with one attached hydrogen (secondary N) is 1. The minimum Gasteiger partial charge on any atom is -0.472 e. The van der Waals surface area contributed by atoms with Gasteiger partial charge in [-0.2, -0.15) is 0 Å². The van der Waals surface area contributed by atoms with Crippen molar-refractivity contribution in [1.29, 1.82) is 0 Å². The van der Waals surface area contributed by atoms with Gasteiger partial charge in [0.25, 0.3) is 5.56 Å². The lowest BCUT2D eigenvalue weighted by molar-refractivity contribution is 0.204. The Morgan fingerprint density at radius 1 is 1.32 bits per heavy atom. The molecule has 0 fully saturated rings. The molecule has 1 aromatic carbocycles. The van der Waals surface area contributed by atoms with E-state index in [9.17, 15) is 4.79 Å². The SMILES string of the molecule is CCN(Cc1ccoc1)[C@H](C)c1nc2ccccc2c(=O)[nH]1. The lowest BCUT2D eigenvalue weighted by Gasteiger charge is -2.26. The standard InChI is InChI=1S/C17H19N3O2/c1-3-20(10-13-8-9-22-11-13)12(2)16-18-15-7-5-4-6-14(15)17(21)19-16/h4-9,11-12H,3,10H2,1-2H3,(H,18,19,21)/t12-/m1/s1. The van der Waals surface area contributed by atoms with Gasteiger partial charge in [0.15, 0.2) is 0 Å². The van der Waals surface area contributed by atoms with E-state index in [0.29, 0.717) is 11.2 Å². The van der Waals surface area contributed by atoms with Crippen LogP contribution in [0.4, 0.5) is 0 Å². The van der Waals surface area contributed by atoms with Gasteiger partial charge >= 0.3 is 0 Å². The lowest BCUT2D eigenvalue weighted by Crippen LogP contribution is -2.29. The fourth-order valence-corrected chi connectivity index (χ4v) is 2.62. The van der Waals surface area contributed by atoms with E-state index < -0.39 is 0 Å². The second-order valence-corrected chi connectivity index (χ2v) is 5.34. The molecule has 0 unspecified atom stereocenters. The van der Waals surface area contributed by atoms with E-state index >= 15 is 0 Å². The van der Waals surface area contributed by atoms with Gasteiger partial charge in [-0.05, 0) is 31.7 Å². The van der Waals surface area contributed by atoms with E-state index in [1.54, 1.807) is 18.6 Å². The van der Waals surface area contributed by atoms with Crippen molar-refractivity contribution in [1.82, 2.24) is 14.9 Å². The predicted octanol–water partition coefficient (Wildman–Crippen LogP) is 3.10. The van der Waals surface area contributed by atoms with E-state index in [4.69, 9.17) is 4.42 Å². The Balaban J connectivity index is 1.93. The van der Waals surface area contributed by atoms with Crippen molar-refractivity contribution in [3.05, 3.63) is 64.6 Å². The molecule has 0 spiro atoms. The van der Waals surface area contributed by atoms with Gasteiger partial charge in [0, 0.05) is 12.1 Å². The number of hydrogen-bond acceptors (Lipinski definition) is 4. The maximum atomic E-state index is 12.2. The number of rotatable bonds is 5. The van der Waals surface area contributed by atoms with Crippen molar-refractivity contribution < 1.29 is 4.42 Å². The average molecular weight is 297 g/mol. The van der Waals surface area contributed by atoms with Crippen LogP contribution in [0.5, 0.6) is 0 Å². The minimum absolute atomic E-state index is 0.0113. The van der Waals surface area contributed by atoms with E-state index in [2.05, 4.69) is 28.7 Å². The van der Waals surface area contributed by atoms with Crippen molar-refractivity contribution in [2.45, 2.75) is 26.4 Å². The number of fused-ring (bicyclic) bond motifs is 1. The maximum absolute atomic E-state index is 12.2. The summed E-state index contributed by atoms with van der Waals surface area (Å²) in [6, 6.07) is 9.36. The second kappa shape index (κ2) is 6.15. The summed E-state index contributed by atoms with van der Waals surface area (Å²) in [4.78, 5) is 22.0. The van der Waals surface area contributed by atoms with Gasteiger partial charge < -0.3 is 9.40 Å². The Labute approximate surface area is 128 Å². The topological polar surface area (TPSA) is 62.1 Å². The molecule has 3 aromatic rings. The number of benzene rings is 1. The Bertz CT molecular complexity index is 808. The third-order valence-corrected chi connectivity index (χ3v) is 3.95. The molecule has 3 rings (SSSR count). The molecule has 1 N–H and O–H groups in total. The summed E-state index contributed by atoms with van der Waals surface area (Å²) in [5.74, 6) is 0.689. The molecule has 0 amide bonds. The Hall–Kier alpha value is -2.40. The van der Waals surface area contributed by atoms with E-state index in [0.717, 1.165) is 24.2 Å². The van der Waals surface area contributed by atoms with Crippen molar-refractivity contribution >= 4 is 10.9 Å². The van der Waals surface area contributed by atoms with Crippen molar-refractivity contribution in [2.75, 3.05) is 6.54 Å². The Morgan fingerprint density at radius 2 is 2.14 bits per heavy atom. The average Bonchev–Trinajstić information content (AvgIpc) is 3.05. The zero-order valence-electron chi connectivity index (χ0n) is 12.7. The minimum atomic E-state index is -0.0909. The predicted molar refractivity (Wildman–Crippen MR) is 85.6 cm³/mol. The zero-order chi connectivity index (χ0) is 15.5. The fraction of sp³-hybridized carbons (Fsp3) is 0.294. The van der Waals surface area contributed by atoms with Crippen molar-refractivity contribution in [2.24, 2.45) is 0 Å². The summed E-state index contributed by atoms with van der Waals surface area (Å²) in [7, 11) is 0. The maximum Gasteiger partial charge on any atom is 0.258 e. The van der Waals surface area contributed by atoms with Crippen LogP contribution in [0.3, 0.4) is 0 Å². The first-order valence-electron chi connectivity index (χ1n) is 7.43. The summed E-state index contributed by atoms with van der Waals surface area (Å²) in [6.45, 7) is 5.75. The molecule has 0 saturated carbocycles. The van der Waals surface area contributed by atoms with Gasteiger partial charge in [-0.3, -0.25) is 9.69 Å². The fourth-order valence-electron chi connectivity index (χ4n) is 2.62. The number of hydrogen-bond donors (Lipinski definition) is 1. The van der Waals surface area contributed by atoms with E-state index in [1.807, 2.05) is 24.3 Å². The number of furan rings is 1. The molecule has 2 heterocycles. The van der Waals surface area contributed by atoms with Crippen LogP contribution in [0.2, 0.25) is 0 Å². The van der Waals surface area contributed by atoms with Gasteiger partial charge in [0.2, 0.25) is 0 Å². The molecule has 0 radical (unpaired) electrons. The molecule has 5 nitrogen and oxygen atoms in total. The first-order chi connectivity index (χ1) is 10.7. The van der Waals surface area contributed by atoms with E-state index in [-0.39, 0.29) is 11.6 Å². The van der Waals surface area contributed by atoms with Crippen LogP contribution in [-0.2, 0) is 6.54 Å². The van der Waals surface area contributed by atoms with Crippen LogP contribution >= 0.6 is 0 Å². The lowest BCUT2D eigenvalue weighted by atomic mass is 10.2. The highest BCUT2D eigenvalue weighted by molar-refractivity contribution is 5.77. The number of aromatic amines is 1.